The first-order valence-corrected chi connectivity index (χ1v) is 6.55. The van der Waals surface area contributed by atoms with Crippen molar-refractivity contribution in [3.63, 3.8) is 0 Å². The Morgan fingerprint density at radius 2 is 1.85 bits per heavy atom. The quantitative estimate of drug-likeness (QED) is 0.785. The van der Waals surface area contributed by atoms with Gasteiger partial charge in [0.15, 0.2) is 0 Å². The minimum absolute atomic E-state index is 0.000447. The predicted molar refractivity (Wildman–Crippen MR) is 72.2 cm³/mol. The zero-order valence-corrected chi connectivity index (χ0v) is 12.8. The van der Waals surface area contributed by atoms with Crippen molar-refractivity contribution in [3.8, 4) is 0 Å². The molecule has 1 atom stereocenters. The van der Waals surface area contributed by atoms with Gasteiger partial charge in [-0.2, -0.15) is 0 Å². The third kappa shape index (κ3) is 3.75. The van der Waals surface area contributed by atoms with E-state index >= 15 is 0 Å². The minimum Gasteiger partial charge on any atom is -0.469 e. The van der Waals surface area contributed by atoms with Gasteiger partial charge in [0.25, 0.3) is 5.91 Å². The lowest BCUT2D eigenvalue weighted by Crippen LogP contribution is -2.35. The lowest BCUT2D eigenvalue weighted by atomic mass is 10.1. The molecule has 110 valence electrons. The van der Waals surface area contributed by atoms with Crippen LogP contribution in [0.15, 0.2) is 16.6 Å². The molecule has 0 aromatic heterocycles. The van der Waals surface area contributed by atoms with Crippen LogP contribution in [0.3, 0.4) is 0 Å². The highest BCUT2D eigenvalue weighted by Crippen LogP contribution is 2.21. The smallest absolute Gasteiger partial charge is 0.310 e. The molecule has 0 saturated carbocycles. The Hall–Kier alpha value is -1.50. The fourth-order valence-corrected chi connectivity index (χ4v) is 2.11. The number of rotatable bonds is 4. The molecule has 0 N–H and O–H groups in total. The molecule has 1 aromatic rings. The number of hydrogen-bond acceptors (Lipinski definition) is 3. The van der Waals surface area contributed by atoms with Crippen molar-refractivity contribution in [1.29, 1.82) is 0 Å². The van der Waals surface area contributed by atoms with Gasteiger partial charge in [0.2, 0.25) is 0 Å². The molecule has 7 heteroatoms. The number of carbonyl (C=O) groups excluding carboxylic acids is 2. The molecule has 4 nitrogen and oxygen atoms in total. The van der Waals surface area contributed by atoms with E-state index in [4.69, 9.17) is 0 Å². The number of benzene rings is 1. The zero-order valence-electron chi connectivity index (χ0n) is 11.2. The summed E-state index contributed by atoms with van der Waals surface area (Å²) < 4.78 is 32.1. The number of esters is 1. The summed E-state index contributed by atoms with van der Waals surface area (Å²) in [5.74, 6) is -3.83. The molecular weight excluding hydrogens is 336 g/mol. The van der Waals surface area contributed by atoms with Crippen LogP contribution in [0.2, 0.25) is 0 Å². The maximum absolute atomic E-state index is 13.7. The van der Waals surface area contributed by atoms with Crippen molar-refractivity contribution in [3.05, 3.63) is 33.8 Å². The molecule has 0 aliphatic rings. The molecule has 0 aliphatic heterocycles. The van der Waals surface area contributed by atoms with E-state index in [0.29, 0.717) is 0 Å². The van der Waals surface area contributed by atoms with E-state index in [1.807, 2.05) is 0 Å². The second-order valence-corrected chi connectivity index (χ2v) is 5.27. The van der Waals surface area contributed by atoms with Crippen LogP contribution < -0.4 is 0 Å². The van der Waals surface area contributed by atoms with Crippen LogP contribution in [-0.4, -0.2) is 37.5 Å². The van der Waals surface area contributed by atoms with E-state index in [0.717, 1.165) is 17.0 Å². The fourth-order valence-electron chi connectivity index (χ4n) is 1.71. The number of hydrogen-bond donors (Lipinski definition) is 0. The van der Waals surface area contributed by atoms with Gasteiger partial charge in [0.05, 0.1) is 13.0 Å². The van der Waals surface area contributed by atoms with Crippen molar-refractivity contribution >= 4 is 27.8 Å². The Balaban J connectivity index is 2.93. The zero-order chi connectivity index (χ0) is 15.4. The number of methoxy groups -OCH3 is 1. The van der Waals surface area contributed by atoms with Crippen LogP contribution in [0.1, 0.15) is 17.3 Å². The van der Waals surface area contributed by atoms with Gasteiger partial charge in [0, 0.05) is 18.1 Å². The monoisotopic (exact) mass is 349 g/mol. The van der Waals surface area contributed by atoms with Gasteiger partial charge in [-0.05, 0) is 12.1 Å². The van der Waals surface area contributed by atoms with E-state index in [1.54, 1.807) is 6.92 Å². The van der Waals surface area contributed by atoms with Gasteiger partial charge >= 0.3 is 5.97 Å². The molecule has 0 bridgehead atoms. The third-order valence-corrected chi connectivity index (χ3v) is 3.18. The number of halogens is 3. The third-order valence-electron chi connectivity index (χ3n) is 2.72. The molecule has 0 saturated heterocycles. The van der Waals surface area contributed by atoms with Crippen LogP contribution >= 0.6 is 15.9 Å². The highest BCUT2D eigenvalue weighted by molar-refractivity contribution is 9.10. The van der Waals surface area contributed by atoms with Crippen LogP contribution in [0.4, 0.5) is 8.78 Å². The molecule has 0 radical (unpaired) electrons. The Bertz CT molecular complexity index is 513. The van der Waals surface area contributed by atoms with Crippen LogP contribution in [0, 0.1) is 17.6 Å². The van der Waals surface area contributed by atoms with Crippen molar-refractivity contribution in [2.24, 2.45) is 5.92 Å². The molecule has 0 aliphatic carbocycles. The van der Waals surface area contributed by atoms with Gasteiger partial charge in [0.1, 0.15) is 17.2 Å². The molecule has 0 spiro atoms. The standard InChI is InChI=1S/C13H14BrF2NO3/c1-7(13(19)20-3)6-17(2)12(18)11-9(15)4-8(14)5-10(11)16/h4-5,7H,6H2,1-3H3. The normalized spacial score (nSPS) is 11.9. The highest BCUT2D eigenvalue weighted by atomic mass is 79.9. The molecule has 1 unspecified atom stereocenters. The van der Waals surface area contributed by atoms with E-state index < -0.39 is 35.0 Å². The fraction of sp³-hybridized carbons (Fsp3) is 0.385. The van der Waals surface area contributed by atoms with Gasteiger partial charge in [-0.25, -0.2) is 8.78 Å². The average molecular weight is 350 g/mol. The van der Waals surface area contributed by atoms with E-state index in [2.05, 4.69) is 20.7 Å². The largest absolute Gasteiger partial charge is 0.469 e. The summed E-state index contributed by atoms with van der Waals surface area (Å²) in [5, 5.41) is 0. The lowest BCUT2D eigenvalue weighted by molar-refractivity contribution is -0.145. The van der Waals surface area contributed by atoms with Crippen LogP contribution in [0.25, 0.3) is 0 Å². The highest BCUT2D eigenvalue weighted by Gasteiger charge is 2.24. The molecule has 0 heterocycles. The number of nitrogens with zero attached hydrogens (tertiary/aromatic N) is 1. The first-order chi connectivity index (χ1) is 9.27. The molecule has 0 fully saturated rings. The molecular formula is C13H14BrF2NO3. The number of amides is 1. The summed E-state index contributed by atoms with van der Waals surface area (Å²) in [7, 11) is 2.59. The van der Waals surface area contributed by atoms with Gasteiger partial charge in [-0.3, -0.25) is 9.59 Å². The second kappa shape index (κ2) is 6.78. The summed E-state index contributed by atoms with van der Waals surface area (Å²) in [6.07, 6.45) is 0. The van der Waals surface area contributed by atoms with Gasteiger partial charge in [-0.1, -0.05) is 22.9 Å². The first kappa shape index (κ1) is 16.6. The summed E-state index contributed by atoms with van der Waals surface area (Å²) >= 11 is 2.94. The average Bonchev–Trinajstić information content (AvgIpc) is 2.36. The summed E-state index contributed by atoms with van der Waals surface area (Å²) in [6.45, 7) is 1.56. The van der Waals surface area contributed by atoms with Crippen molar-refractivity contribution < 1.29 is 23.1 Å². The molecule has 1 amide bonds. The number of ether oxygens (including phenoxy) is 1. The Labute approximate surface area is 123 Å². The van der Waals surface area contributed by atoms with Crippen molar-refractivity contribution in [2.75, 3.05) is 20.7 Å². The second-order valence-electron chi connectivity index (χ2n) is 4.35. The maximum atomic E-state index is 13.7. The minimum atomic E-state index is -0.959. The lowest BCUT2D eigenvalue weighted by Gasteiger charge is -2.20. The summed E-state index contributed by atoms with van der Waals surface area (Å²) in [6, 6.07) is 2.02. The summed E-state index contributed by atoms with van der Waals surface area (Å²) in [4.78, 5) is 24.4. The Morgan fingerprint density at radius 1 is 1.35 bits per heavy atom. The molecule has 20 heavy (non-hydrogen) atoms. The van der Waals surface area contributed by atoms with E-state index in [1.165, 1.54) is 14.2 Å². The van der Waals surface area contributed by atoms with Gasteiger partial charge in [-0.15, -0.1) is 0 Å². The number of carbonyl (C=O) groups is 2. The molecule has 1 aromatic carbocycles. The van der Waals surface area contributed by atoms with Crippen LogP contribution in [0.5, 0.6) is 0 Å². The van der Waals surface area contributed by atoms with Gasteiger partial charge < -0.3 is 9.64 Å². The Morgan fingerprint density at radius 3 is 2.30 bits per heavy atom. The van der Waals surface area contributed by atoms with Crippen molar-refractivity contribution in [2.45, 2.75) is 6.92 Å². The van der Waals surface area contributed by atoms with E-state index in [-0.39, 0.29) is 11.0 Å². The predicted octanol–water partition coefficient (Wildman–Crippen LogP) is 2.61. The van der Waals surface area contributed by atoms with E-state index in [9.17, 15) is 18.4 Å². The summed E-state index contributed by atoms with van der Waals surface area (Å²) in [5.41, 5.74) is -0.646. The van der Waals surface area contributed by atoms with Crippen molar-refractivity contribution in [1.82, 2.24) is 4.90 Å². The Kier molecular flexibility index (Phi) is 5.62. The van der Waals surface area contributed by atoms with Crippen LogP contribution in [-0.2, 0) is 9.53 Å². The molecule has 1 rings (SSSR count). The first-order valence-electron chi connectivity index (χ1n) is 5.75. The maximum Gasteiger partial charge on any atom is 0.310 e. The SMILES string of the molecule is COC(=O)C(C)CN(C)C(=O)c1c(F)cc(Br)cc1F. The topological polar surface area (TPSA) is 46.6 Å².